The predicted octanol–water partition coefficient (Wildman–Crippen LogP) is 2.89. The van der Waals surface area contributed by atoms with Crippen molar-refractivity contribution in [1.29, 1.82) is 0 Å². The van der Waals surface area contributed by atoms with E-state index in [4.69, 9.17) is 0 Å². The molecular formula is C10H15NS. The number of hydrogen-bond acceptors (Lipinski definition) is 2. The number of rotatable bonds is 4. The van der Waals surface area contributed by atoms with Crippen LogP contribution in [-0.2, 0) is 0 Å². The van der Waals surface area contributed by atoms with Crippen LogP contribution < -0.4 is 5.32 Å². The third-order valence-electron chi connectivity index (χ3n) is 1.73. The first-order chi connectivity index (χ1) is 5.77. The van der Waals surface area contributed by atoms with E-state index in [-0.39, 0.29) is 0 Å². The van der Waals surface area contributed by atoms with E-state index in [1.807, 2.05) is 17.4 Å². The summed E-state index contributed by atoms with van der Waals surface area (Å²) in [4.78, 5) is 2.71. The maximum absolute atomic E-state index is 3.81. The topological polar surface area (TPSA) is 12.0 Å². The van der Waals surface area contributed by atoms with Gasteiger partial charge in [0.1, 0.15) is 0 Å². The molecule has 0 aliphatic rings. The van der Waals surface area contributed by atoms with E-state index in [1.165, 1.54) is 9.75 Å². The van der Waals surface area contributed by atoms with Crippen LogP contribution in [0.5, 0.6) is 0 Å². The number of nitrogens with one attached hydrogen (secondary N) is 1. The summed E-state index contributed by atoms with van der Waals surface area (Å²) in [5, 5.41) is 3.35. The molecule has 0 bridgehead atoms. The van der Waals surface area contributed by atoms with Crippen LogP contribution in [0.2, 0.25) is 0 Å². The van der Waals surface area contributed by atoms with Crippen molar-refractivity contribution in [3.8, 4) is 0 Å². The Bertz CT molecular complexity index is 252. The Morgan fingerprint density at radius 2 is 2.42 bits per heavy atom. The second-order valence-electron chi connectivity index (χ2n) is 2.72. The molecule has 0 aliphatic carbocycles. The van der Waals surface area contributed by atoms with Gasteiger partial charge in [0.25, 0.3) is 0 Å². The fourth-order valence-corrected chi connectivity index (χ4v) is 2.09. The predicted molar refractivity (Wildman–Crippen MR) is 55.7 cm³/mol. The highest BCUT2D eigenvalue weighted by molar-refractivity contribution is 7.12. The first kappa shape index (κ1) is 9.49. The standard InChI is InChI=1S/C10H15NS/c1-4-9(11-5-2)10-7-6-8(3)12-10/h4,6-7,9,11H,1,5H2,2-3H3. The van der Waals surface area contributed by atoms with E-state index < -0.39 is 0 Å². The van der Waals surface area contributed by atoms with Gasteiger partial charge in [-0.3, -0.25) is 0 Å². The van der Waals surface area contributed by atoms with Gasteiger partial charge in [-0.1, -0.05) is 13.0 Å². The average Bonchev–Trinajstić information content (AvgIpc) is 2.47. The van der Waals surface area contributed by atoms with E-state index in [2.05, 4.69) is 37.9 Å². The molecule has 1 N–H and O–H groups in total. The van der Waals surface area contributed by atoms with Gasteiger partial charge in [0.05, 0.1) is 6.04 Å². The highest BCUT2D eigenvalue weighted by atomic mass is 32.1. The van der Waals surface area contributed by atoms with Crippen LogP contribution in [0.4, 0.5) is 0 Å². The van der Waals surface area contributed by atoms with E-state index >= 15 is 0 Å². The quantitative estimate of drug-likeness (QED) is 0.704. The van der Waals surface area contributed by atoms with Gasteiger partial charge in [-0.15, -0.1) is 17.9 Å². The molecule has 1 heterocycles. The van der Waals surface area contributed by atoms with Crippen molar-refractivity contribution in [2.75, 3.05) is 6.54 Å². The molecular weight excluding hydrogens is 166 g/mol. The third-order valence-corrected chi connectivity index (χ3v) is 2.81. The van der Waals surface area contributed by atoms with Crippen LogP contribution in [0.25, 0.3) is 0 Å². The lowest BCUT2D eigenvalue weighted by Gasteiger charge is -2.10. The Hall–Kier alpha value is -0.600. The Labute approximate surface area is 78.1 Å². The summed E-state index contributed by atoms with van der Waals surface area (Å²) in [6, 6.07) is 4.64. The van der Waals surface area contributed by atoms with Crippen molar-refractivity contribution < 1.29 is 0 Å². The monoisotopic (exact) mass is 181 g/mol. The Morgan fingerprint density at radius 1 is 1.67 bits per heavy atom. The summed E-state index contributed by atoms with van der Waals surface area (Å²) < 4.78 is 0. The van der Waals surface area contributed by atoms with Gasteiger partial charge in [0.15, 0.2) is 0 Å². The second-order valence-corrected chi connectivity index (χ2v) is 4.04. The molecule has 1 aromatic heterocycles. The van der Waals surface area contributed by atoms with E-state index in [0.717, 1.165) is 6.54 Å². The molecule has 0 aliphatic heterocycles. The first-order valence-corrected chi connectivity index (χ1v) is 5.02. The lowest BCUT2D eigenvalue weighted by Crippen LogP contribution is -2.17. The van der Waals surface area contributed by atoms with Gasteiger partial charge in [-0.25, -0.2) is 0 Å². The lowest BCUT2D eigenvalue weighted by atomic mass is 10.2. The van der Waals surface area contributed by atoms with Crippen molar-refractivity contribution >= 4 is 11.3 Å². The summed E-state index contributed by atoms with van der Waals surface area (Å²) in [5.41, 5.74) is 0. The normalized spacial score (nSPS) is 12.8. The van der Waals surface area contributed by atoms with Gasteiger partial charge in [-0.2, -0.15) is 0 Å². The summed E-state index contributed by atoms with van der Waals surface area (Å²) in [6.45, 7) is 9.02. The van der Waals surface area contributed by atoms with Crippen LogP contribution in [0.15, 0.2) is 24.8 Å². The molecule has 0 spiro atoms. The van der Waals surface area contributed by atoms with E-state index in [0.29, 0.717) is 6.04 Å². The molecule has 0 aromatic carbocycles. The number of thiophene rings is 1. The zero-order valence-corrected chi connectivity index (χ0v) is 8.45. The smallest absolute Gasteiger partial charge is 0.0598 e. The third kappa shape index (κ3) is 2.19. The average molecular weight is 181 g/mol. The molecule has 0 radical (unpaired) electrons. The molecule has 66 valence electrons. The molecule has 2 heteroatoms. The molecule has 1 nitrogen and oxygen atoms in total. The minimum atomic E-state index is 0.327. The van der Waals surface area contributed by atoms with Gasteiger partial charge in [0, 0.05) is 9.75 Å². The van der Waals surface area contributed by atoms with Crippen LogP contribution in [0, 0.1) is 6.92 Å². The first-order valence-electron chi connectivity index (χ1n) is 4.20. The van der Waals surface area contributed by atoms with Gasteiger partial charge in [-0.05, 0) is 25.6 Å². The van der Waals surface area contributed by atoms with Gasteiger partial charge < -0.3 is 5.32 Å². The molecule has 1 unspecified atom stereocenters. The number of likely N-dealkylation sites (N-methyl/N-ethyl adjacent to an activating group) is 1. The Kier molecular flexibility index (Phi) is 3.50. The summed E-state index contributed by atoms with van der Waals surface area (Å²) in [7, 11) is 0. The van der Waals surface area contributed by atoms with Crippen molar-refractivity contribution in [2.45, 2.75) is 19.9 Å². The summed E-state index contributed by atoms with van der Waals surface area (Å²) in [5.74, 6) is 0. The van der Waals surface area contributed by atoms with Crippen LogP contribution in [-0.4, -0.2) is 6.54 Å². The van der Waals surface area contributed by atoms with Crippen LogP contribution in [0.3, 0.4) is 0 Å². The second kappa shape index (κ2) is 4.43. The van der Waals surface area contributed by atoms with Crippen molar-refractivity contribution in [3.63, 3.8) is 0 Å². The van der Waals surface area contributed by atoms with E-state index in [1.54, 1.807) is 0 Å². The molecule has 0 amide bonds. The molecule has 1 rings (SSSR count). The molecule has 0 saturated carbocycles. The van der Waals surface area contributed by atoms with Crippen molar-refractivity contribution in [1.82, 2.24) is 5.32 Å². The highest BCUT2D eigenvalue weighted by Gasteiger charge is 2.06. The zero-order valence-electron chi connectivity index (χ0n) is 7.63. The zero-order chi connectivity index (χ0) is 8.97. The highest BCUT2D eigenvalue weighted by Crippen LogP contribution is 2.22. The molecule has 0 fully saturated rings. The summed E-state index contributed by atoms with van der Waals surface area (Å²) in [6.07, 6.45) is 1.95. The van der Waals surface area contributed by atoms with Gasteiger partial charge >= 0.3 is 0 Å². The fraction of sp³-hybridized carbons (Fsp3) is 0.400. The Balaban J connectivity index is 2.72. The van der Waals surface area contributed by atoms with Gasteiger partial charge in [0.2, 0.25) is 0 Å². The van der Waals surface area contributed by atoms with E-state index in [9.17, 15) is 0 Å². The maximum atomic E-state index is 3.81. The largest absolute Gasteiger partial charge is 0.306 e. The number of hydrogen-bond donors (Lipinski definition) is 1. The molecule has 0 saturated heterocycles. The van der Waals surface area contributed by atoms with Crippen molar-refractivity contribution in [2.24, 2.45) is 0 Å². The molecule has 1 aromatic rings. The minimum Gasteiger partial charge on any atom is -0.306 e. The summed E-state index contributed by atoms with van der Waals surface area (Å²) >= 11 is 1.83. The fourth-order valence-electron chi connectivity index (χ4n) is 1.14. The Morgan fingerprint density at radius 3 is 2.83 bits per heavy atom. The van der Waals surface area contributed by atoms with Crippen LogP contribution >= 0.6 is 11.3 Å². The van der Waals surface area contributed by atoms with Crippen molar-refractivity contribution in [3.05, 3.63) is 34.5 Å². The SMILES string of the molecule is C=CC(NCC)c1ccc(C)s1. The molecule has 1 atom stereocenters. The maximum Gasteiger partial charge on any atom is 0.0598 e. The molecule has 12 heavy (non-hydrogen) atoms. The number of aryl methyl sites for hydroxylation is 1. The lowest BCUT2D eigenvalue weighted by molar-refractivity contribution is 0.658. The van der Waals surface area contributed by atoms with Crippen LogP contribution in [0.1, 0.15) is 22.7 Å². The minimum absolute atomic E-state index is 0.327.